The molecule has 0 spiro atoms. The summed E-state index contributed by atoms with van der Waals surface area (Å²) in [6.45, 7) is 6.10. The summed E-state index contributed by atoms with van der Waals surface area (Å²) in [7, 11) is 2.01. The number of thioether (sulfide) groups is 1. The molecule has 3 aromatic rings. The summed E-state index contributed by atoms with van der Waals surface area (Å²) in [6.07, 6.45) is 5.69. The molecule has 0 unspecified atom stereocenters. The first kappa shape index (κ1) is 18.3. The first-order chi connectivity index (χ1) is 13.6. The fraction of sp³-hybridized carbons (Fsp3) is 0.136. The van der Waals surface area contributed by atoms with Gasteiger partial charge in [-0.25, -0.2) is 9.98 Å². The maximum Gasteiger partial charge on any atom is 0.267 e. The fourth-order valence-corrected chi connectivity index (χ4v) is 4.19. The monoisotopic (exact) mass is 388 g/mol. The summed E-state index contributed by atoms with van der Waals surface area (Å²) < 4.78 is 2.07. The molecular formula is C22H20N4OS. The highest BCUT2D eigenvalue weighted by molar-refractivity contribution is 8.18. The average Bonchev–Trinajstić information content (AvgIpc) is 3.14. The van der Waals surface area contributed by atoms with Crippen LogP contribution in [0, 0.1) is 6.92 Å². The molecule has 1 aliphatic heterocycles. The van der Waals surface area contributed by atoms with Crippen molar-refractivity contribution < 1.29 is 4.79 Å². The smallest absolute Gasteiger partial charge is 0.267 e. The molecule has 1 aliphatic rings. The number of amidine groups is 1. The Hall–Kier alpha value is -3.12. The van der Waals surface area contributed by atoms with E-state index >= 15 is 0 Å². The van der Waals surface area contributed by atoms with Gasteiger partial charge in [0.05, 0.1) is 4.91 Å². The number of hydrogen-bond donors (Lipinski definition) is 0. The molecule has 0 aliphatic carbocycles. The number of pyridine rings is 1. The van der Waals surface area contributed by atoms with Crippen LogP contribution in [-0.4, -0.2) is 32.1 Å². The summed E-state index contributed by atoms with van der Waals surface area (Å²) in [6, 6.07) is 13.8. The maximum atomic E-state index is 13.0. The molecule has 0 N–H and O–H groups in total. The number of hydrogen-bond acceptors (Lipinski definition) is 4. The molecule has 140 valence electrons. The van der Waals surface area contributed by atoms with Crippen molar-refractivity contribution in [2.24, 2.45) is 12.0 Å². The molecule has 6 heteroatoms. The lowest BCUT2D eigenvalue weighted by atomic mass is 10.1. The molecule has 2 aromatic heterocycles. The van der Waals surface area contributed by atoms with E-state index in [9.17, 15) is 4.79 Å². The first-order valence-corrected chi connectivity index (χ1v) is 9.77. The molecule has 1 aromatic carbocycles. The van der Waals surface area contributed by atoms with E-state index in [1.807, 2.05) is 56.6 Å². The summed E-state index contributed by atoms with van der Waals surface area (Å²) in [5.41, 5.74) is 3.03. The molecule has 4 rings (SSSR count). The van der Waals surface area contributed by atoms with Gasteiger partial charge in [-0.1, -0.05) is 30.3 Å². The number of fused-ring (bicyclic) bond motifs is 1. The van der Waals surface area contributed by atoms with Gasteiger partial charge < -0.3 is 4.57 Å². The Labute approximate surface area is 168 Å². The summed E-state index contributed by atoms with van der Waals surface area (Å²) in [5.74, 6) is 0.528. The minimum absolute atomic E-state index is 0.0655. The second-order valence-corrected chi connectivity index (χ2v) is 7.57. The predicted molar refractivity (Wildman–Crippen MR) is 116 cm³/mol. The van der Waals surface area contributed by atoms with E-state index in [-0.39, 0.29) is 5.91 Å². The third kappa shape index (κ3) is 3.39. The summed E-state index contributed by atoms with van der Waals surface area (Å²) in [5, 5.41) is 1.74. The highest BCUT2D eigenvalue weighted by Crippen LogP contribution is 2.35. The van der Waals surface area contributed by atoms with Crippen LogP contribution in [0.15, 0.2) is 71.2 Å². The van der Waals surface area contributed by atoms with Crippen molar-refractivity contribution in [3.63, 3.8) is 0 Å². The van der Waals surface area contributed by atoms with E-state index in [0.29, 0.717) is 22.4 Å². The van der Waals surface area contributed by atoms with Crippen molar-refractivity contribution in [3.05, 3.63) is 77.5 Å². The van der Waals surface area contributed by atoms with E-state index in [1.165, 1.54) is 11.8 Å². The van der Waals surface area contributed by atoms with Crippen molar-refractivity contribution in [2.75, 3.05) is 6.54 Å². The van der Waals surface area contributed by atoms with Crippen LogP contribution in [0.5, 0.6) is 0 Å². The number of rotatable bonds is 4. The SMILES string of the molecule is C=CCN1C(=O)/C(=C/c2cn(C)c3ccccc23)S/C1=N/c1cccc(C)n1. The van der Waals surface area contributed by atoms with Crippen LogP contribution >= 0.6 is 11.8 Å². The van der Waals surface area contributed by atoms with Crippen LogP contribution in [-0.2, 0) is 11.8 Å². The third-order valence-electron chi connectivity index (χ3n) is 4.50. The molecule has 0 bridgehead atoms. The highest BCUT2D eigenvalue weighted by atomic mass is 32.2. The molecule has 28 heavy (non-hydrogen) atoms. The fourth-order valence-electron chi connectivity index (χ4n) is 3.20. The zero-order chi connectivity index (χ0) is 19.7. The topological polar surface area (TPSA) is 50.5 Å². The van der Waals surface area contributed by atoms with Gasteiger partial charge >= 0.3 is 0 Å². The van der Waals surface area contributed by atoms with Crippen molar-refractivity contribution in [3.8, 4) is 0 Å². The molecule has 0 saturated carbocycles. The largest absolute Gasteiger partial charge is 0.350 e. The Kier molecular flexibility index (Phi) is 4.88. The normalized spacial score (nSPS) is 17.2. The number of aromatic nitrogens is 2. The van der Waals surface area contributed by atoms with Crippen molar-refractivity contribution >= 4 is 45.6 Å². The molecule has 3 heterocycles. The molecule has 0 radical (unpaired) electrons. The van der Waals surface area contributed by atoms with Crippen LogP contribution in [0.4, 0.5) is 5.82 Å². The molecule has 1 amide bonds. The van der Waals surface area contributed by atoms with Crippen LogP contribution in [0.3, 0.4) is 0 Å². The Morgan fingerprint density at radius 3 is 2.82 bits per heavy atom. The number of aliphatic imine (C=N–C) groups is 1. The lowest BCUT2D eigenvalue weighted by Gasteiger charge is -2.12. The van der Waals surface area contributed by atoms with E-state index in [0.717, 1.165) is 22.2 Å². The Morgan fingerprint density at radius 1 is 1.21 bits per heavy atom. The lowest BCUT2D eigenvalue weighted by molar-refractivity contribution is -0.121. The van der Waals surface area contributed by atoms with Gasteiger partial charge in [-0.05, 0) is 43.0 Å². The number of carbonyl (C=O) groups is 1. The van der Waals surface area contributed by atoms with Gasteiger partial charge in [-0.3, -0.25) is 9.69 Å². The highest BCUT2D eigenvalue weighted by Gasteiger charge is 2.33. The number of carbonyl (C=O) groups excluding carboxylic acids is 1. The van der Waals surface area contributed by atoms with Crippen LogP contribution in [0.25, 0.3) is 17.0 Å². The second-order valence-electron chi connectivity index (χ2n) is 6.56. The standard InChI is InChI=1S/C22H20N4OS/c1-4-12-26-21(27)19(28-22(26)24-20-11-7-8-15(2)23-20)13-16-14-25(3)18-10-6-5-9-17(16)18/h4-11,13-14H,1,12H2,2-3H3/b19-13-,24-22+. The van der Waals surface area contributed by atoms with E-state index in [1.54, 1.807) is 11.0 Å². The predicted octanol–water partition coefficient (Wildman–Crippen LogP) is 4.67. The lowest BCUT2D eigenvalue weighted by Crippen LogP contribution is -2.29. The van der Waals surface area contributed by atoms with Gasteiger partial charge in [0.15, 0.2) is 11.0 Å². The summed E-state index contributed by atoms with van der Waals surface area (Å²) >= 11 is 1.37. The van der Waals surface area contributed by atoms with Crippen LogP contribution in [0.1, 0.15) is 11.3 Å². The zero-order valence-corrected chi connectivity index (χ0v) is 16.6. The van der Waals surface area contributed by atoms with E-state index in [2.05, 4.69) is 33.3 Å². The van der Waals surface area contributed by atoms with Crippen molar-refractivity contribution in [1.82, 2.24) is 14.5 Å². The average molecular weight is 388 g/mol. The van der Waals surface area contributed by atoms with Gasteiger partial charge in [-0.15, -0.1) is 6.58 Å². The molecule has 1 saturated heterocycles. The summed E-state index contributed by atoms with van der Waals surface area (Å²) in [4.78, 5) is 24.3. The number of nitrogens with zero attached hydrogens (tertiary/aromatic N) is 4. The molecule has 5 nitrogen and oxygen atoms in total. The Morgan fingerprint density at radius 2 is 2.04 bits per heavy atom. The molecular weight excluding hydrogens is 368 g/mol. The van der Waals surface area contributed by atoms with Gasteiger partial charge in [0.25, 0.3) is 5.91 Å². The minimum Gasteiger partial charge on any atom is -0.350 e. The first-order valence-electron chi connectivity index (χ1n) is 8.95. The molecule has 0 atom stereocenters. The van der Waals surface area contributed by atoms with Crippen molar-refractivity contribution in [2.45, 2.75) is 6.92 Å². The quantitative estimate of drug-likeness (QED) is 0.482. The minimum atomic E-state index is -0.0655. The van der Waals surface area contributed by atoms with Crippen molar-refractivity contribution in [1.29, 1.82) is 0 Å². The van der Waals surface area contributed by atoms with Gasteiger partial charge in [-0.2, -0.15) is 0 Å². The molecule has 1 fully saturated rings. The van der Waals surface area contributed by atoms with Crippen LogP contribution in [0.2, 0.25) is 0 Å². The van der Waals surface area contributed by atoms with Gasteiger partial charge in [0, 0.05) is 41.9 Å². The Bertz CT molecular complexity index is 1140. The maximum absolute atomic E-state index is 13.0. The number of para-hydroxylation sites is 1. The Balaban J connectivity index is 1.75. The zero-order valence-electron chi connectivity index (χ0n) is 15.8. The number of aryl methyl sites for hydroxylation is 2. The van der Waals surface area contributed by atoms with E-state index in [4.69, 9.17) is 0 Å². The second kappa shape index (κ2) is 7.48. The van der Waals surface area contributed by atoms with E-state index < -0.39 is 0 Å². The van der Waals surface area contributed by atoms with Gasteiger partial charge in [0.2, 0.25) is 0 Å². The third-order valence-corrected chi connectivity index (χ3v) is 5.50. The number of amides is 1. The van der Waals surface area contributed by atoms with Gasteiger partial charge in [0.1, 0.15) is 0 Å². The van der Waals surface area contributed by atoms with Crippen LogP contribution < -0.4 is 0 Å². The number of benzene rings is 1.